The van der Waals surface area contributed by atoms with Crippen molar-refractivity contribution in [2.45, 2.75) is 44.8 Å². The van der Waals surface area contributed by atoms with Crippen molar-refractivity contribution in [1.29, 1.82) is 0 Å². The summed E-state index contributed by atoms with van der Waals surface area (Å²) in [5.74, 6) is 1.37. The van der Waals surface area contributed by atoms with Gasteiger partial charge in [-0.05, 0) is 50.4 Å². The molecule has 0 saturated carbocycles. The third kappa shape index (κ3) is 5.26. The maximum atomic E-state index is 10.3. The summed E-state index contributed by atoms with van der Waals surface area (Å²) in [5.41, 5.74) is 1.13. The van der Waals surface area contributed by atoms with Crippen molar-refractivity contribution in [2.75, 3.05) is 26.8 Å². The summed E-state index contributed by atoms with van der Waals surface area (Å²) >= 11 is 0. The van der Waals surface area contributed by atoms with Gasteiger partial charge >= 0.3 is 0 Å². The predicted octanol–water partition coefficient (Wildman–Crippen LogP) is 3.04. The fraction of sp³-hybridized carbons (Fsp3) is 0.579. The van der Waals surface area contributed by atoms with Gasteiger partial charge in [0.25, 0.3) is 0 Å². The van der Waals surface area contributed by atoms with Crippen LogP contribution in [0.2, 0.25) is 0 Å². The minimum Gasteiger partial charge on any atom is -0.493 e. The molecule has 0 amide bonds. The zero-order valence-corrected chi connectivity index (χ0v) is 14.3. The Kier molecular flexibility index (Phi) is 6.93. The molecule has 1 heterocycles. The molecule has 0 aromatic heterocycles. The summed E-state index contributed by atoms with van der Waals surface area (Å²) in [7, 11) is 1.63. The van der Waals surface area contributed by atoms with Crippen LogP contribution in [0.15, 0.2) is 30.9 Å². The summed E-state index contributed by atoms with van der Waals surface area (Å²) in [4.78, 5) is 2.35. The Morgan fingerprint density at radius 3 is 2.91 bits per heavy atom. The average Bonchev–Trinajstić information content (AvgIpc) is 2.56. The van der Waals surface area contributed by atoms with Crippen molar-refractivity contribution in [2.24, 2.45) is 0 Å². The Morgan fingerprint density at radius 2 is 2.22 bits per heavy atom. The van der Waals surface area contributed by atoms with E-state index < -0.39 is 6.10 Å². The van der Waals surface area contributed by atoms with E-state index in [1.165, 1.54) is 19.3 Å². The number of likely N-dealkylation sites (tertiary alicyclic amines) is 1. The molecule has 1 aromatic rings. The number of β-amino-alcohol motifs (C(OH)–C–C–N with tert-alkyl or cyclic N) is 1. The third-order valence-electron chi connectivity index (χ3n) is 4.43. The molecule has 0 unspecified atom stereocenters. The van der Waals surface area contributed by atoms with Gasteiger partial charge in [-0.15, -0.1) is 6.58 Å². The van der Waals surface area contributed by atoms with E-state index in [-0.39, 0.29) is 6.61 Å². The van der Waals surface area contributed by atoms with Gasteiger partial charge in [0.15, 0.2) is 11.5 Å². The number of allylic oxidation sites excluding steroid dienone is 1. The number of ether oxygens (including phenoxy) is 2. The second kappa shape index (κ2) is 8.94. The lowest BCUT2D eigenvalue weighted by Gasteiger charge is -2.34. The van der Waals surface area contributed by atoms with Crippen molar-refractivity contribution in [3.63, 3.8) is 0 Å². The van der Waals surface area contributed by atoms with Crippen molar-refractivity contribution < 1.29 is 14.6 Å². The molecule has 4 heteroatoms. The number of aliphatic hydroxyl groups excluding tert-OH is 1. The molecule has 0 bridgehead atoms. The molecule has 0 radical (unpaired) electrons. The van der Waals surface area contributed by atoms with Gasteiger partial charge in [-0.25, -0.2) is 0 Å². The van der Waals surface area contributed by atoms with Gasteiger partial charge in [0.05, 0.1) is 7.11 Å². The van der Waals surface area contributed by atoms with Crippen LogP contribution >= 0.6 is 0 Å². The minimum atomic E-state index is -0.492. The summed E-state index contributed by atoms with van der Waals surface area (Å²) in [6, 6.07) is 6.40. The largest absolute Gasteiger partial charge is 0.493 e. The first kappa shape index (κ1) is 17.8. The molecular weight excluding hydrogens is 290 g/mol. The average molecular weight is 319 g/mol. The summed E-state index contributed by atoms with van der Waals surface area (Å²) < 4.78 is 11.2. The highest BCUT2D eigenvalue weighted by molar-refractivity contribution is 5.43. The van der Waals surface area contributed by atoms with Gasteiger partial charge < -0.3 is 14.6 Å². The number of benzene rings is 1. The predicted molar refractivity (Wildman–Crippen MR) is 93.3 cm³/mol. The molecule has 1 N–H and O–H groups in total. The van der Waals surface area contributed by atoms with Crippen LogP contribution in [0.1, 0.15) is 31.7 Å². The molecule has 128 valence electrons. The van der Waals surface area contributed by atoms with Crippen LogP contribution in [-0.2, 0) is 6.42 Å². The van der Waals surface area contributed by atoms with Gasteiger partial charge in [0.1, 0.15) is 12.7 Å². The minimum absolute atomic E-state index is 0.278. The number of piperidine rings is 1. The van der Waals surface area contributed by atoms with Crippen LogP contribution in [-0.4, -0.2) is 49.0 Å². The molecule has 23 heavy (non-hydrogen) atoms. The van der Waals surface area contributed by atoms with Crippen LogP contribution < -0.4 is 9.47 Å². The lowest BCUT2D eigenvalue weighted by atomic mass is 10.0. The molecule has 1 aliphatic rings. The highest BCUT2D eigenvalue weighted by atomic mass is 16.5. The molecule has 1 aromatic carbocycles. The van der Waals surface area contributed by atoms with Gasteiger partial charge in [-0.3, -0.25) is 4.90 Å². The van der Waals surface area contributed by atoms with Crippen LogP contribution in [0.25, 0.3) is 0 Å². The SMILES string of the molecule is C=CCc1ccc(OC[C@@H](O)CN2CCCC[C@H]2C)c(OC)c1. The summed E-state index contributed by atoms with van der Waals surface area (Å²) in [5, 5.41) is 10.3. The second-order valence-electron chi connectivity index (χ2n) is 6.28. The lowest BCUT2D eigenvalue weighted by molar-refractivity contribution is 0.0431. The molecule has 2 rings (SSSR count). The van der Waals surface area contributed by atoms with Gasteiger partial charge in [-0.2, -0.15) is 0 Å². The Morgan fingerprint density at radius 1 is 1.39 bits per heavy atom. The van der Waals surface area contributed by atoms with E-state index in [2.05, 4.69) is 18.4 Å². The van der Waals surface area contributed by atoms with Crippen molar-refractivity contribution in [3.8, 4) is 11.5 Å². The molecule has 0 spiro atoms. The number of methoxy groups -OCH3 is 1. The second-order valence-corrected chi connectivity index (χ2v) is 6.28. The molecule has 0 aliphatic carbocycles. The molecule has 1 fully saturated rings. The Balaban J connectivity index is 1.87. The molecule has 2 atom stereocenters. The lowest BCUT2D eigenvalue weighted by Crippen LogP contribution is -2.43. The standard InChI is InChI=1S/C19H29NO3/c1-4-7-16-9-10-18(19(12-16)22-3)23-14-17(21)13-20-11-6-5-8-15(20)2/h4,9-10,12,15,17,21H,1,5-8,11,13-14H2,2-3H3/t15-,17+/m1/s1. The van der Waals surface area contributed by atoms with E-state index in [0.29, 0.717) is 24.1 Å². The summed E-state index contributed by atoms with van der Waals surface area (Å²) in [6.45, 7) is 7.99. The highest BCUT2D eigenvalue weighted by Gasteiger charge is 2.21. The van der Waals surface area contributed by atoms with Gasteiger partial charge in [0.2, 0.25) is 0 Å². The zero-order chi connectivity index (χ0) is 16.7. The number of rotatable bonds is 8. The Labute approximate surface area is 139 Å². The van der Waals surface area contributed by atoms with E-state index in [4.69, 9.17) is 9.47 Å². The van der Waals surface area contributed by atoms with Crippen LogP contribution in [0.5, 0.6) is 11.5 Å². The quantitative estimate of drug-likeness (QED) is 0.748. The topological polar surface area (TPSA) is 41.9 Å². The number of hydrogen-bond donors (Lipinski definition) is 1. The van der Waals surface area contributed by atoms with E-state index in [9.17, 15) is 5.11 Å². The first-order chi connectivity index (χ1) is 11.1. The fourth-order valence-corrected chi connectivity index (χ4v) is 3.06. The third-order valence-corrected chi connectivity index (χ3v) is 4.43. The molecule has 4 nitrogen and oxygen atoms in total. The Bertz CT molecular complexity index is 503. The number of hydrogen-bond acceptors (Lipinski definition) is 4. The van der Waals surface area contributed by atoms with Crippen LogP contribution in [0, 0.1) is 0 Å². The molecule has 1 aliphatic heterocycles. The van der Waals surface area contributed by atoms with Gasteiger partial charge in [0, 0.05) is 12.6 Å². The van der Waals surface area contributed by atoms with Crippen LogP contribution in [0.3, 0.4) is 0 Å². The zero-order valence-electron chi connectivity index (χ0n) is 14.3. The smallest absolute Gasteiger partial charge is 0.161 e. The Hall–Kier alpha value is -1.52. The van der Waals surface area contributed by atoms with E-state index in [1.54, 1.807) is 7.11 Å². The normalized spacial score (nSPS) is 20.0. The first-order valence-corrected chi connectivity index (χ1v) is 8.46. The summed E-state index contributed by atoms with van der Waals surface area (Å²) in [6.07, 6.45) is 5.89. The van der Waals surface area contributed by atoms with Crippen molar-refractivity contribution >= 4 is 0 Å². The van der Waals surface area contributed by atoms with Crippen LogP contribution in [0.4, 0.5) is 0 Å². The number of aliphatic hydroxyl groups is 1. The van der Waals surface area contributed by atoms with E-state index >= 15 is 0 Å². The first-order valence-electron chi connectivity index (χ1n) is 8.46. The van der Waals surface area contributed by atoms with Crippen molar-refractivity contribution in [1.82, 2.24) is 4.90 Å². The number of nitrogens with zero attached hydrogens (tertiary/aromatic N) is 1. The van der Waals surface area contributed by atoms with E-state index in [1.807, 2.05) is 24.3 Å². The molecular formula is C19H29NO3. The van der Waals surface area contributed by atoms with Crippen molar-refractivity contribution in [3.05, 3.63) is 36.4 Å². The highest BCUT2D eigenvalue weighted by Crippen LogP contribution is 2.28. The maximum Gasteiger partial charge on any atom is 0.161 e. The molecule has 1 saturated heterocycles. The van der Waals surface area contributed by atoms with E-state index in [0.717, 1.165) is 18.5 Å². The van der Waals surface area contributed by atoms with Gasteiger partial charge in [-0.1, -0.05) is 18.6 Å². The fourth-order valence-electron chi connectivity index (χ4n) is 3.06. The maximum absolute atomic E-state index is 10.3. The monoisotopic (exact) mass is 319 g/mol.